The molecular formula is C15H17FN2. The summed E-state index contributed by atoms with van der Waals surface area (Å²) in [5.74, 6) is -0.438. The summed E-state index contributed by atoms with van der Waals surface area (Å²) in [6.07, 6.45) is 5.08. The Bertz CT molecular complexity index is 497. The van der Waals surface area contributed by atoms with Crippen LogP contribution in [0.15, 0.2) is 36.5 Å². The van der Waals surface area contributed by atoms with Crippen LogP contribution in [0.25, 0.3) is 0 Å². The largest absolute Gasteiger partial charge is 0.254 e. The second kappa shape index (κ2) is 6.24. The highest BCUT2D eigenvalue weighted by molar-refractivity contribution is 5.21. The lowest BCUT2D eigenvalue weighted by atomic mass is 10.1. The van der Waals surface area contributed by atoms with Gasteiger partial charge in [-0.05, 0) is 18.4 Å². The number of aryl methyl sites for hydroxylation is 1. The SMILES string of the molecule is CCCCc1cnc(Cc2ccccc2)c(F)n1. The van der Waals surface area contributed by atoms with Gasteiger partial charge in [-0.15, -0.1) is 0 Å². The van der Waals surface area contributed by atoms with Crippen LogP contribution in [0, 0.1) is 5.95 Å². The van der Waals surface area contributed by atoms with Gasteiger partial charge < -0.3 is 0 Å². The van der Waals surface area contributed by atoms with Gasteiger partial charge in [0.15, 0.2) is 0 Å². The van der Waals surface area contributed by atoms with Crippen LogP contribution in [-0.4, -0.2) is 9.97 Å². The molecule has 2 aromatic rings. The molecule has 0 aliphatic heterocycles. The van der Waals surface area contributed by atoms with Crippen LogP contribution in [0.5, 0.6) is 0 Å². The number of nitrogens with zero attached hydrogens (tertiary/aromatic N) is 2. The van der Waals surface area contributed by atoms with E-state index in [-0.39, 0.29) is 0 Å². The molecule has 3 heteroatoms. The number of hydrogen-bond acceptors (Lipinski definition) is 2. The van der Waals surface area contributed by atoms with Gasteiger partial charge in [0.05, 0.1) is 11.4 Å². The van der Waals surface area contributed by atoms with Crippen molar-refractivity contribution in [3.63, 3.8) is 0 Å². The second-order valence-electron chi connectivity index (χ2n) is 4.36. The maximum atomic E-state index is 13.8. The van der Waals surface area contributed by atoms with Gasteiger partial charge in [0.1, 0.15) is 0 Å². The standard InChI is InChI=1S/C15H17FN2/c1-2-3-9-13-11-17-14(15(16)18-13)10-12-7-5-4-6-8-12/h4-8,11H,2-3,9-10H2,1H3. The van der Waals surface area contributed by atoms with Gasteiger partial charge in [-0.1, -0.05) is 43.7 Å². The highest BCUT2D eigenvalue weighted by Gasteiger charge is 2.07. The van der Waals surface area contributed by atoms with Crippen LogP contribution in [-0.2, 0) is 12.8 Å². The van der Waals surface area contributed by atoms with Gasteiger partial charge in [-0.25, -0.2) is 4.98 Å². The van der Waals surface area contributed by atoms with Crippen molar-refractivity contribution in [2.75, 3.05) is 0 Å². The summed E-state index contributed by atoms with van der Waals surface area (Å²) in [6.45, 7) is 2.10. The van der Waals surface area contributed by atoms with Gasteiger partial charge in [0.25, 0.3) is 0 Å². The number of rotatable bonds is 5. The Morgan fingerprint density at radius 1 is 1.17 bits per heavy atom. The third kappa shape index (κ3) is 3.36. The van der Waals surface area contributed by atoms with Crippen molar-refractivity contribution < 1.29 is 4.39 Å². The minimum absolute atomic E-state index is 0.418. The van der Waals surface area contributed by atoms with E-state index in [1.165, 1.54) is 0 Å². The molecule has 2 nitrogen and oxygen atoms in total. The quantitative estimate of drug-likeness (QED) is 0.803. The normalized spacial score (nSPS) is 10.6. The lowest BCUT2D eigenvalue weighted by molar-refractivity contribution is 0.549. The number of benzene rings is 1. The van der Waals surface area contributed by atoms with Crippen molar-refractivity contribution in [1.82, 2.24) is 9.97 Å². The third-order valence-corrected chi connectivity index (χ3v) is 2.85. The zero-order chi connectivity index (χ0) is 12.8. The van der Waals surface area contributed by atoms with Crippen LogP contribution in [0.2, 0.25) is 0 Å². The predicted octanol–water partition coefficient (Wildman–Crippen LogP) is 3.55. The third-order valence-electron chi connectivity index (χ3n) is 2.85. The highest BCUT2D eigenvalue weighted by Crippen LogP contribution is 2.10. The van der Waals surface area contributed by atoms with E-state index in [1.54, 1.807) is 6.20 Å². The van der Waals surface area contributed by atoms with E-state index in [2.05, 4.69) is 16.9 Å². The van der Waals surface area contributed by atoms with Crippen molar-refractivity contribution in [1.29, 1.82) is 0 Å². The van der Waals surface area contributed by atoms with E-state index in [0.717, 1.165) is 30.5 Å². The first-order valence-corrected chi connectivity index (χ1v) is 6.34. The fourth-order valence-electron chi connectivity index (χ4n) is 1.81. The molecule has 0 N–H and O–H groups in total. The minimum Gasteiger partial charge on any atom is -0.254 e. The fraction of sp³-hybridized carbons (Fsp3) is 0.333. The maximum Gasteiger partial charge on any atom is 0.235 e. The Kier molecular flexibility index (Phi) is 4.40. The Hall–Kier alpha value is -1.77. The summed E-state index contributed by atoms with van der Waals surface area (Å²) in [5.41, 5.74) is 2.21. The average molecular weight is 244 g/mol. The van der Waals surface area contributed by atoms with E-state index in [9.17, 15) is 4.39 Å². The molecule has 0 spiro atoms. The van der Waals surface area contributed by atoms with E-state index in [4.69, 9.17) is 0 Å². The maximum absolute atomic E-state index is 13.8. The molecule has 0 amide bonds. The summed E-state index contributed by atoms with van der Waals surface area (Å²) in [5, 5.41) is 0. The van der Waals surface area contributed by atoms with Crippen molar-refractivity contribution >= 4 is 0 Å². The fourth-order valence-corrected chi connectivity index (χ4v) is 1.81. The number of aromatic nitrogens is 2. The molecule has 0 bridgehead atoms. The lowest BCUT2D eigenvalue weighted by Crippen LogP contribution is -2.03. The summed E-state index contributed by atoms with van der Waals surface area (Å²) in [7, 11) is 0. The second-order valence-corrected chi connectivity index (χ2v) is 4.36. The zero-order valence-electron chi connectivity index (χ0n) is 10.6. The lowest BCUT2D eigenvalue weighted by Gasteiger charge is -2.04. The van der Waals surface area contributed by atoms with Crippen molar-refractivity contribution in [2.24, 2.45) is 0 Å². The van der Waals surface area contributed by atoms with E-state index in [1.807, 2.05) is 30.3 Å². The molecule has 94 valence electrons. The summed E-state index contributed by atoms with van der Waals surface area (Å²) >= 11 is 0. The van der Waals surface area contributed by atoms with Crippen molar-refractivity contribution in [3.8, 4) is 0 Å². The Morgan fingerprint density at radius 3 is 2.61 bits per heavy atom. The molecule has 1 aromatic heterocycles. The topological polar surface area (TPSA) is 25.8 Å². The molecule has 1 heterocycles. The van der Waals surface area contributed by atoms with Gasteiger partial charge in [-0.3, -0.25) is 4.98 Å². The Balaban J connectivity index is 2.10. The molecule has 0 saturated heterocycles. The van der Waals surface area contributed by atoms with Gasteiger partial charge in [0.2, 0.25) is 5.95 Å². The van der Waals surface area contributed by atoms with E-state index >= 15 is 0 Å². The van der Waals surface area contributed by atoms with Crippen LogP contribution in [0.4, 0.5) is 4.39 Å². The number of hydrogen-bond donors (Lipinski definition) is 0. The smallest absolute Gasteiger partial charge is 0.235 e. The molecule has 0 unspecified atom stereocenters. The molecule has 18 heavy (non-hydrogen) atoms. The van der Waals surface area contributed by atoms with Gasteiger partial charge in [0, 0.05) is 12.6 Å². The first-order chi connectivity index (χ1) is 8.79. The number of halogens is 1. The molecule has 0 atom stereocenters. The summed E-state index contributed by atoms with van der Waals surface area (Å²) < 4.78 is 13.8. The van der Waals surface area contributed by atoms with Gasteiger partial charge in [-0.2, -0.15) is 4.39 Å². The van der Waals surface area contributed by atoms with E-state index < -0.39 is 5.95 Å². The molecule has 0 saturated carbocycles. The van der Waals surface area contributed by atoms with Gasteiger partial charge >= 0.3 is 0 Å². The Morgan fingerprint density at radius 2 is 1.94 bits per heavy atom. The number of unbranched alkanes of at least 4 members (excludes halogenated alkanes) is 1. The summed E-state index contributed by atoms with van der Waals surface area (Å²) in [6, 6.07) is 9.75. The molecule has 0 aliphatic carbocycles. The molecule has 1 aromatic carbocycles. The average Bonchev–Trinajstić information content (AvgIpc) is 2.40. The minimum atomic E-state index is -0.438. The predicted molar refractivity (Wildman–Crippen MR) is 69.9 cm³/mol. The van der Waals surface area contributed by atoms with Crippen LogP contribution in [0.1, 0.15) is 36.7 Å². The molecule has 0 radical (unpaired) electrons. The van der Waals surface area contributed by atoms with Crippen LogP contribution >= 0.6 is 0 Å². The van der Waals surface area contributed by atoms with Crippen molar-refractivity contribution in [3.05, 3.63) is 59.4 Å². The van der Waals surface area contributed by atoms with Crippen molar-refractivity contribution in [2.45, 2.75) is 32.6 Å². The summed E-state index contributed by atoms with van der Waals surface area (Å²) in [4.78, 5) is 8.17. The molecule has 2 rings (SSSR count). The highest BCUT2D eigenvalue weighted by atomic mass is 19.1. The van der Waals surface area contributed by atoms with Crippen LogP contribution in [0.3, 0.4) is 0 Å². The molecule has 0 aliphatic rings. The first kappa shape index (κ1) is 12.7. The molecular weight excluding hydrogens is 227 g/mol. The Labute approximate surface area is 107 Å². The monoisotopic (exact) mass is 244 g/mol. The van der Waals surface area contributed by atoms with E-state index in [0.29, 0.717) is 12.1 Å². The zero-order valence-corrected chi connectivity index (χ0v) is 10.6. The first-order valence-electron chi connectivity index (χ1n) is 6.34. The van der Waals surface area contributed by atoms with Crippen LogP contribution < -0.4 is 0 Å². The molecule has 0 fully saturated rings.